The Morgan fingerprint density at radius 2 is 1.65 bits per heavy atom. The predicted molar refractivity (Wildman–Crippen MR) is 92.8 cm³/mol. The molecule has 1 N–H and O–H groups in total. The van der Waals surface area contributed by atoms with E-state index >= 15 is 0 Å². The van der Waals surface area contributed by atoms with Gasteiger partial charge in [0, 0.05) is 12.8 Å². The molecule has 5 nitrogen and oxygen atoms in total. The molecule has 130 valence electrons. The van der Waals surface area contributed by atoms with Gasteiger partial charge in [-0.3, -0.25) is 14.9 Å². The Hall–Kier alpha value is -1.91. The number of carboxylic acid groups (broad SMARTS) is 1. The number of nitrogens with zero attached hydrogens (tertiary/aromatic N) is 1. The molecular formula is C18H29NO4. The Kier molecular flexibility index (Phi) is 13.8. The Bertz CT molecular complexity index is 425. The third-order valence-electron chi connectivity index (χ3n) is 3.38. The van der Waals surface area contributed by atoms with Gasteiger partial charge in [0.25, 0.3) is 0 Å². The van der Waals surface area contributed by atoms with E-state index in [1.54, 1.807) is 6.08 Å². The maximum absolute atomic E-state index is 10.9. The minimum absolute atomic E-state index is 0.0650. The van der Waals surface area contributed by atoms with E-state index in [0.29, 0.717) is 25.7 Å². The lowest BCUT2D eigenvalue weighted by Crippen LogP contribution is -2.00. The number of hydrogen-bond acceptors (Lipinski definition) is 3. The first-order valence-electron chi connectivity index (χ1n) is 8.43. The van der Waals surface area contributed by atoms with Crippen LogP contribution in [0.15, 0.2) is 36.1 Å². The van der Waals surface area contributed by atoms with E-state index < -0.39 is 5.97 Å². The summed E-state index contributed by atoms with van der Waals surface area (Å²) in [5, 5.41) is 19.4. The van der Waals surface area contributed by atoms with Gasteiger partial charge in [-0.2, -0.15) is 0 Å². The summed E-state index contributed by atoms with van der Waals surface area (Å²) in [6.45, 7) is 2.19. The quantitative estimate of drug-likeness (QED) is 0.204. The molecule has 0 aliphatic carbocycles. The van der Waals surface area contributed by atoms with Gasteiger partial charge in [0.2, 0.25) is 5.70 Å². The third kappa shape index (κ3) is 14.8. The standard InChI is InChI=1S/C18H29NO4/c1-2-3-4-5-6-7-8-9-10-11-14-17(19(22)23)15-12-13-16-18(20)21/h6-7,9-10,14H,2-5,8,11-13,15-16H2,1H3,(H,20,21)/b7-6-,10-9-,17-14+. The minimum atomic E-state index is -0.859. The van der Waals surface area contributed by atoms with Crippen molar-refractivity contribution in [2.24, 2.45) is 0 Å². The molecule has 0 amide bonds. The van der Waals surface area contributed by atoms with Gasteiger partial charge in [0.05, 0.1) is 4.92 Å². The van der Waals surface area contributed by atoms with Crippen molar-refractivity contribution in [3.8, 4) is 0 Å². The first-order chi connectivity index (χ1) is 11.1. The molecule has 0 fully saturated rings. The molecule has 0 heterocycles. The number of carbonyl (C=O) groups is 1. The molecule has 0 bridgehead atoms. The second-order valence-corrected chi connectivity index (χ2v) is 5.46. The number of hydrogen-bond donors (Lipinski definition) is 1. The van der Waals surface area contributed by atoms with Crippen molar-refractivity contribution in [3.05, 3.63) is 46.2 Å². The van der Waals surface area contributed by atoms with Crippen molar-refractivity contribution < 1.29 is 14.8 Å². The zero-order valence-electron chi connectivity index (χ0n) is 14.1. The van der Waals surface area contributed by atoms with Crippen molar-refractivity contribution in [1.82, 2.24) is 0 Å². The summed E-state index contributed by atoms with van der Waals surface area (Å²) in [5.41, 5.74) is 0.176. The normalized spacial score (nSPS) is 12.3. The molecule has 0 saturated heterocycles. The maximum atomic E-state index is 10.9. The second kappa shape index (κ2) is 15.0. The highest BCUT2D eigenvalue weighted by atomic mass is 16.6. The lowest BCUT2D eigenvalue weighted by Gasteiger charge is -1.98. The van der Waals surface area contributed by atoms with Crippen molar-refractivity contribution in [3.63, 3.8) is 0 Å². The smallest absolute Gasteiger partial charge is 0.303 e. The average Bonchev–Trinajstić information content (AvgIpc) is 2.50. The van der Waals surface area contributed by atoms with Crippen LogP contribution in [0.2, 0.25) is 0 Å². The monoisotopic (exact) mass is 323 g/mol. The molecule has 0 spiro atoms. The highest BCUT2D eigenvalue weighted by Gasteiger charge is 2.09. The van der Waals surface area contributed by atoms with E-state index in [9.17, 15) is 14.9 Å². The fraction of sp³-hybridized carbons (Fsp3) is 0.611. The maximum Gasteiger partial charge on any atom is 0.303 e. The SMILES string of the molecule is CCCCC/C=C\C/C=C\C/C=C(\CCCCC(=O)O)[N+](=O)[O-]. The molecule has 0 radical (unpaired) electrons. The third-order valence-corrected chi connectivity index (χ3v) is 3.38. The Morgan fingerprint density at radius 1 is 1.00 bits per heavy atom. The van der Waals surface area contributed by atoms with Crippen LogP contribution in [0.3, 0.4) is 0 Å². The van der Waals surface area contributed by atoms with Crippen LogP contribution in [0.4, 0.5) is 0 Å². The molecule has 0 saturated carbocycles. The van der Waals surface area contributed by atoms with Gasteiger partial charge in [-0.05, 0) is 44.6 Å². The van der Waals surface area contributed by atoms with Crippen LogP contribution >= 0.6 is 0 Å². The summed E-state index contributed by atoms with van der Waals surface area (Å²) in [6, 6.07) is 0. The minimum Gasteiger partial charge on any atom is -0.481 e. The molecule has 23 heavy (non-hydrogen) atoms. The molecule has 0 rings (SSSR count). The van der Waals surface area contributed by atoms with Crippen LogP contribution in [-0.2, 0) is 4.79 Å². The molecule has 5 heteroatoms. The lowest BCUT2D eigenvalue weighted by atomic mass is 10.1. The van der Waals surface area contributed by atoms with Crippen LogP contribution in [0.1, 0.15) is 71.1 Å². The van der Waals surface area contributed by atoms with Crippen molar-refractivity contribution in [2.45, 2.75) is 71.1 Å². The van der Waals surface area contributed by atoms with Crippen LogP contribution in [-0.4, -0.2) is 16.0 Å². The second-order valence-electron chi connectivity index (χ2n) is 5.46. The number of nitro groups is 1. The summed E-state index contributed by atoms with van der Waals surface area (Å²) < 4.78 is 0. The van der Waals surface area contributed by atoms with Gasteiger partial charge in [-0.1, -0.05) is 44.1 Å². The van der Waals surface area contributed by atoms with Gasteiger partial charge in [-0.15, -0.1) is 0 Å². The molecule has 0 aliphatic rings. The first-order valence-corrected chi connectivity index (χ1v) is 8.43. The van der Waals surface area contributed by atoms with Gasteiger partial charge < -0.3 is 5.11 Å². The summed E-state index contributed by atoms with van der Waals surface area (Å²) in [5.74, 6) is -0.859. The van der Waals surface area contributed by atoms with E-state index in [-0.39, 0.29) is 17.0 Å². The van der Waals surface area contributed by atoms with Crippen molar-refractivity contribution in [2.75, 3.05) is 0 Å². The number of unbranched alkanes of at least 4 members (excludes halogenated alkanes) is 4. The van der Waals surface area contributed by atoms with Crippen LogP contribution in [0.5, 0.6) is 0 Å². The van der Waals surface area contributed by atoms with Gasteiger partial charge in [0.15, 0.2) is 0 Å². The molecule has 0 atom stereocenters. The van der Waals surface area contributed by atoms with Gasteiger partial charge in [0.1, 0.15) is 0 Å². The first kappa shape index (κ1) is 21.1. The van der Waals surface area contributed by atoms with E-state index in [2.05, 4.69) is 19.1 Å². The molecule has 0 aromatic carbocycles. The van der Waals surface area contributed by atoms with E-state index in [1.807, 2.05) is 12.2 Å². The fourth-order valence-electron chi connectivity index (χ4n) is 2.05. The largest absolute Gasteiger partial charge is 0.481 e. The summed E-state index contributed by atoms with van der Waals surface area (Å²) in [6.07, 6.45) is 17.5. The zero-order valence-corrected chi connectivity index (χ0v) is 14.1. The van der Waals surface area contributed by atoms with Crippen LogP contribution < -0.4 is 0 Å². The number of carboxylic acids is 1. The molecule has 0 aromatic rings. The Balaban J connectivity index is 3.94. The average molecular weight is 323 g/mol. The topological polar surface area (TPSA) is 80.4 Å². The number of aliphatic carboxylic acids is 1. The summed E-state index contributed by atoms with van der Waals surface area (Å²) >= 11 is 0. The van der Waals surface area contributed by atoms with Gasteiger partial charge >= 0.3 is 5.97 Å². The van der Waals surface area contributed by atoms with Crippen molar-refractivity contribution >= 4 is 5.97 Å². The van der Waals surface area contributed by atoms with Crippen molar-refractivity contribution in [1.29, 1.82) is 0 Å². The van der Waals surface area contributed by atoms with Crippen LogP contribution in [0.25, 0.3) is 0 Å². The number of rotatable bonds is 14. The molecule has 0 aromatic heterocycles. The predicted octanol–water partition coefficient (Wildman–Crippen LogP) is 5.26. The number of allylic oxidation sites excluding steroid dienone is 6. The van der Waals surface area contributed by atoms with E-state index in [0.717, 1.165) is 12.8 Å². The summed E-state index contributed by atoms with van der Waals surface area (Å²) in [7, 11) is 0. The van der Waals surface area contributed by atoms with E-state index in [4.69, 9.17) is 5.11 Å². The van der Waals surface area contributed by atoms with Crippen LogP contribution in [0, 0.1) is 10.1 Å². The summed E-state index contributed by atoms with van der Waals surface area (Å²) in [4.78, 5) is 20.9. The Morgan fingerprint density at radius 3 is 2.30 bits per heavy atom. The molecule has 0 unspecified atom stereocenters. The fourth-order valence-corrected chi connectivity index (χ4v) is 2.05. The van der Waals surface area contributed by atoms with Gasteiger partial charge in [-0.25, -0.2) is 0 Å². The highest BCUT2D eigenvalue weighted by molar-refractivity contribution is 5.66. The highest BCUT2D eigenvalue weighted by Crippen LogP contribution is 2.11. The lowest BCUT2D eigenvalue weighted by molar-refractivity contribution is -0.428. The molecule has 0 aliphatic heterocycles. The molecular weight excluding hydrogens is 294 g/mol. The zero-order chi connectivity index (χ0) is 17.3. The van der Waals surface area contributed by atoms with E-state index in [1.165, 1.54) is 19.3 Å². The Labute approximate surface area is 138 Å².